The van der Waals surface area contributed by atoms with Gasteiger partial charge in [-0.15, -0.1) is 0 Å². The Morgan fingerprint density at radius 1 is 1.42 bits per heavy atom. The maximum atomic E-state index is 11.5. The topological polar surface area (TPSA) is 70.2 Å². The fourth-order valence-electron chi connectivity index (χ4n) is 1.44. The lowest BCUT2D eigenvalue weighted by molar-refractivity contribution is 0.126. The highest BCUT2D eigenvalue weighted by atomic mass is 16.5. The lowest BCUT2D eigenvalue weighted by Gasteiger charge is -2.11. The maximum Gasteiger partial charge on any atom is 0.252 e. The molecule has 0 fully saturated rings. The van der Waals surface area contributed by atoms with Crippen LogP contribution in [0.2, 0.25) is 0 Å². The molecule has 1 heterocycles. The Morgan fingerprint density at radius 3 is 2.79 bits per heavy atom. The summed E-state index contributed by atoms with van der Waals surface area (Å²) in [5.74, 6) is 1.50. The lowest BCUT2D eigenvalue weighted by Crippen LogP contribution is -2.21. The summed E-state index contributed by atoms with van der Waals surface area (Å²) in [5, 5.41) is 3.10. The minimum atomic E-state index is -0.130. The average molecular weight is 268 g/mol. The summed E-state index contributed by atoms with van der Waals surface area (Å²) in [6.45, 7) is 6.83. The fraction of sp³-hybridized carbons (Fsp3) is 0.692. The second kappa shape index (κ2) is 7.91. The molecule has 0 aliphatic heterocycles. The zero-order valence-corrected chi connectivity index (χ0v) is 12.2. The summed E-state index contributed by atoms with van der Waals surface area (Å²) < 4.78 is 5.46. The summed E-state index contributed by atoms with van der Waals surface area (Å²) in [7, 11) is 4.02. The van der Waals surface area contributed by atoms with Gasteiger partial charge in [0, 0.05) is 25.1 Å². The average Bonchev–Trinajstić information content (AvgIpc) is 2.32. The number of nitrogens with zero attached hydrogens (tertiary/aromatic N) is 2. The number of H-pyrrole nitrogens is 1. The Hall–Kier alpha value is -1.40. The molecule has 1 aromatic rings. The number of rotatable bonds is 8. The van der Waals surface area contributed by atoms with Crippen molar-refractivity contribution in [2.75, 3.05) is 45.7 Å². The number of aromatic amines is 1. The van der Waals surface area contributed by atoms with E-state index in [1.807, 2.05) is 27.9 Å². The summed E-state index contributed by atoms with van der Waals surface area (Å²) >= 11 is 0. The van der Waals surface area contributed by atoms with Crippen LogP contribution in [0.15, 0.2) is 10.9 Å². The van der Waals surface area contributed by atoms with Gasteiger partial charge in [-0.2, -0.15) is 0 Å². The van der Waals surface area contributed by atoms with E-state index in [0.29, 0.717) is 31.4 Å². The van der Waals surface area contributed by atoms with Crippen LogP contribution in [-0.4, -0.2) is 55.3 Å². The lowest BCUT2D eigenvalue weighted by atomic mass is 10.2. The van der Waals surface area contributed by atoms with E-state index in [4.69, 9.17) is 4.74 Å². The first-order valence-electron chi connectivity index (χ1n) is 6.56. The molecule has 0 spiro atoms. The first kappa shape index (κ1) is 15.7. The highest BCUT2D eigenvalue weighted by Crippen LogP contribution is 2.08. The number of hydrogen-bond donors (Lipinski definition) is 2. The molecule has 19 heavy (non-hydrogen) atoms. The molecule has 1 aromatic heterocycles. The van der Waals surface area contributed by atoms with Crippen molar-refractivity contribution >= 4 is 5.82 Å². The van der Waals surface area contributed by atoms with Crippen LogP contribution in [0.5, 0.6) is 0 Å². The highest BCUT2D eigenvalue weighted by molar-refractivity contribution is 5.33. The van der Waals surface area contributed by atoms with Gasteiger partial charge in [-0.1, -0.05) is 13.8 Å². The van der Waals surface area contributed by atoms with Crippen molar-refractivity contribution < 1.29 is 4.74 Å². The fourth-order valence-corrected chi connectivity index (χ4v) is 1.44. The second-order valence-electron chi connectivity index (χ2n) is 5.01. The summed E-state index contributed by atoms with van der Waals surface area (Å²) in [6.07, 6.45) is 0. The molecule has 6 nitrogen and oxygen atoms in total. The van der Waals surface area contributed by atoms with Gasteiger partial charge >= 0.3 is 0 Å². The van der Waals surface area contributed by atoms with E-state index in [2.05, 4.69) is 20.2 Å². The molecule has 0 saturated heterocycles. The number of likely N-dealkylation sites (N-methyl/N-ethyl adjacent to an activating group) is 1. The van der Waals surface area contributed by atoms with Crippen molar-refractivity contribution in [1.29, 1.82) is 0 Å². The van der Waals surface area contributed by atoms with E-state index < -0.39 is 0 Å². The molecule has 0 aliphatic rings. The smallest absolute Gasteiger partial charge is 0.252 e. The predicted molar refractivity (Wildman–Crippen MR) is 76.8 cm³/mol. The molecule has 0 aliphatic carbocycles. The van der Waals surface area contributed by atoms with E-state index >= 15 is 0 Å². The molecular formula is C13H24N4O2. The number of aromatic nitrogens is 2. The molecule has 1 rings (SSSR count). The van der Waals surface area contributed by atoms with Gasteiger partial charge in [-0.3, -0.25) is 4.79 Å². The molecule has 0 bridgehead atoms. The zero-order valence-electron chi connectivity index (χ0n) is 12.2. The van der Waals surface area contributed by atoms with Crippen LogP contribution in [0.25, 0.3) is 0 Å². The molecule has 0 unspecified atom stereocenters. The third-order valence-electron chi connectivity index (χ3n) is 2.54. The largest absolute Gasteiger partial charge is 0.378 e. The van der Waals surface area contributed by atoms with Crippen LogP contribution >= 0.6 is 0 Å². The van der Waals surface area contributed by atoms with Crippen molar-refractivity contribution in [3.63, 3.8) is 0 Å². The van der Waals surface area contributed by atoms with Gasteiger partial charge in [0.05, 0.1) is 13.2 Å². The van der Waals surface area contributed by atoms with Crippen molar-refractivity contribution in [3.05, 3.63) is 22.2 Å². The summed E-state index contributed by atoms with van der Waals surface area (Å²) in [6, 6.07) is 1.46. The quantitative estimate of drug-likeness (QED) is 0.685. The van der Waals surface area contributed by atoms with Gasteiger partial charge in [-0.25, -0.2) is 4.98 Å². The van der Waals surface area contributed by atoms with Gasteiger partial charge in [-0.05, 0) is 14.1 Å². The Morgan fingerprint density at radius 2 is 2.16 bits per heavy atom. The van der Waals surface area contributed by atoms with Crippen LogP contribution < -0.4 is 10.9 Å². The number of anilines is 1. The molecule has 6 heteroatoms. The first-order valence-corrected chi connectivity index (χ1v) is 6.56. The monoisotopic (exact) mass is 268 g/mol. The van der Waals surface area contributed by atoms with Crippen molar-refractivity contribution in [3.8, 4) is 0 Å². The highest BCUT2D eigenvalue weighted by Gasteiger charge is 2.04. The standard InChI is InChI=1S/C13H24N4O2/c1-10(2)13-15-11(9-12(18)16-13)14-5-7-19-8-6-17(3)4/h9-10H,5-8H2,1-4H3,(H2,14,15,16,18). The van der Waals surface area contributed by atoms with Crippen LogP contribution in [-0.2, 0) is 4.74 Å². The molecular weight excluding hydrogens is 244 g/mol. The van der Waals surface area contributed by atoms with E-state index in [1.165, 1.54) is 6.07 Å². The second-order valence-corrected chi connectivity index (χ2v) is 5.01. The van der Waals surface area contributed by atoms with E-state index in [-0.39, 0.29) is 11.5 Å². The predicted octanol–water partition coefficient (Wildman–Crippen LogP) is 0.883. The molecule has 0 atom stereocenters. The van der Waals surface area contributed by atoms with Crippen LogP contribution in [0.4, 0.5) is 5.82 Å². The van der Waals surface area contributed by atoms with Gasteiger partial charge in [0.1, 0.15) is 11.6 Å². The van der Waals surface area contributed by atoms with Gasteiger partial charge in [0.25, 0.3) is 5.56 Å². The molecule has 0 amide bonds. The van der Waals surface area contributed by atoms with Crippen molar-refractivity contribution in [2.45, 2.75) is 19.8 Å². The third-order valence-corrected chi connectivity index (χ3v) is 2.54. The zero-order chi connectivity index (χ0) is 14.3. The van der Waals surface area contributed by atoms with Gasteiger partial charge in [0.15, 0.2) is 0 Å². The van der Waals surface area contributed by atoms with Crippen LogP contribution in [0, 0.1) is 0 Å². The van der Waals surface area contributed by atoms with E-state index in [9.17, 15) is 4.79 Å². The number of nitrogens with one attached hydrogen (secondary N) is 2. The summed E-state index contributed by atoms with van der Waals surface area (Å²) in [4.78, 5) is 20.6. The molecule has 2 N–H and O–H groups in total. The van der Waals surface area contributed by atoms with Crippen molar-refractivity contribution in [1.82, 2.24) is 14.9 Å². The van der Waals surface area contributed by atoms with Crippen LogP contribution in [0.1, 0.15) is 25.6 Å². The third kappa shape index (κ3) is 6.35. The summed E-state index contributed by atoms with van der Waals surface area (Å²) in [5.41, 5.74) is -0.130. The molecule has 108 valence electrons. The van der Waals surface area contributed by atoms with Crippen LogP contribution in [0.3, 0.4) is 0 Å². The Kier molecular flexibility index (Phi) is 6.52. The van der Waals surface area contributed by atoms with E-state index in [1.54, 1.807) is 0 Å². The van der Waals surface area contributed by atoms with Gasteiger partial charge < -0.3 is 19.9 Å². The normalized spacial score (nSPS) is 11.3. The maximum absolute atomic E-state index is 11.5. The van der Waals surface area contributed by atoms with E-state index in [0.717, 1.165) is 6.54 Å². The molecule has 0 aromatic carbocycles. The Balaban J connectivity index is 2.35. The van der Waals surface area contributed by atoms with Crippen molar-refractivity contribution in [2.24, 2.45) is 0 Å². The Labute approximate surface area is 114 Å². The minimum Gasteiger partial charge on any atom is -0.378 e. The Bertz CT molecular complexity index is 429. The molecule has 0 radical (unpaired) electrons. The number of hydrogen-bond acceptors (Lipinski definition) is 5. The van der Waals surface area contributed by atoms with Gasteiger partial charge in [0.2, 0.25) is 0 Å². The number of ether oxygens (including phenoxy) is 1. The molecule has 0 saturated carbocycles. The minimum absolute atomic E-state index is 0.130. The first-order chi connectivity index (χ1) is 8.99. The SMILES string of the molecule is CC(C)c1nc(NCCOCCN(C)C)cc(=O)[nH]1.